The highest BCUT2D eigenvalue weighted by Gasteiger charge is 2.12. The lowest BCUT2D eigenvalue weighted by Crippen LogP contribution is -2.29. The Morgan fingerprint density at radius 3 is 2.59 bits per heavy atom. The summed E-state index contributed by atoms with van der Waals surface area (Å²) in [6, 6.07) is 3.19. The van der Waals surface area contributed by atoms with Crippen molar-refractivity contribution in [3.8, 4) is 0 Å². The van der Waals surface area contributed by atoms with E-state index < -0.39 is 0 Å². The first-order valence-electron chi connectivity index (χ1n) is 6.78. The molecule has 0 spiro atoms. The Morgan fingerprint density at radius 1 is 1.35 bits per heavy atom. The molecular weight excluding hydrogens is 210 g/mol. The number of likely N-dealkylation sites (N-methyl/N-ethyl adjacent to an activating group) is 1. The minimum absolute atomic E-state index is 0.502. The molecule has 3 nitrogen and oxygen atoms in total. The first kappa shape index (κ1) is 14.2. The molecule has 1 aromatic rings. The van der Waals surface area contributed by atoms with Gasteiger partial charge in [-0.2, -0.15) is 5.10 Å². The summed E-state index contributed by atoms with van der Waals surface area (Å²) in [5, 5.41) is 8.04. The van der Waals surface area contributed by atoms with Crippen LogP contribution in [0.2, 0.25) is 0 Å². The fraction of sp³-hybridized carbons (Fsp3) is 0.786. The molecule has 1 rings (SSSR count). The second kappa shape index (κ2) is 6.80. The molecule has 1 heterocycles. The molecule has 0 bridgehead atoms. The van der Waals surface area contributed by atoms with Gasteiger partial charge in [0.1, 0.15) is 0 Å². The van der Waals surface area contributed by atoms with Crippen molar-refractivity contribution >= 4 is 0 Å². The lowest BCUT2D eigenvalue weighted by Gasteiger charge is -2.17. The Labute approximate surface area is 106 Å². The number of nitrogens with one attached hydrogen (secondary N) is 1. The summed E-state index contributed by atoms with van der Waals surface area (Å²) in [5.74, 6) is 0.726. The first-order chi connectivity index (χ1) is 8.06. The normalized spacial score (nSPS) is 15.2. The third-order valence-electron chi connectivity index (χ3n) is 3.33. The third kappa shape index (κ3) is 4.50. The summed E-state index contributed by atoms with van der Waals surface area (Å²) in [6.45, 7) is 8.94. The molecule has 0 fully saturated rings. The molecule has 3 heteroatoms. The maximum Gasteiger partial charge on any atom is 0.0640 e. The maximum absolute atomic E-state index is 4.65. The fourth-order valence-electron chi connectivity index (χ4n) is 2.04. The number of nitrogens with zero attached hydrogens (tertiary/aromatic N) is 2. The van der Waals surface area contributed by atoms with E-state index in [4.69, 9.17) is 0 Å². The van der Waals surface area contributed by atoms with Crippen molar-refractivity contribution in [3.63, 3.8) is 0 Å². The highest BCUT2D eigenvalue weighted by Crippen LogP contribution is 2.12. The van der Waals surface area contributed by atoms with Crippen molar-refractivity contribution in [2.45, 2.75) is 59.0 Å². The summed E-state index contributed by atoms with van der Waals surface area (Å²) in [6.07, 6.45) is 5.46. The second-order valence-corrected chi connectivity index (χ2v) is 5.36. The summed E-state index contributed by atoms with van der Waals surface area (Å²) in [4.78, 5) is 0. The van der Waals surface area contributed by atoms with Crippen LogP contribution in [0.25, 0.3) is 0 Å². The van der Waals surface area contributed by atoms with Gasteiger partial charge in [-0.15, -0.1) is 0 Å². The molecule has 0 aromatic carbocycles. The smallest absolute Gasteiger partial charge is 0.0640 e. The third-order valence-corrected chi connectivity index (χ3v) is 3.33. The van der Waals surface area contributed by atoms with Gasteiger partial charge in [0.25, 0.3) is 0 Å². The van der Waals surface area contributed by atoms with E-state index in [1.807, 2.05) is 7.05 Å². The molecule has 0 saturated carbocycles. The van der Waals surface area contributed by atoms with E-state index in [0.717, 1.165) is 18.8 Å². The minimum Gasteiger partial charge on any atom is -0.317 e. The van der Waals surface area contributed by atoms with Crippen molar-refractivity contribution in [3.05, 3.63) is 18.0 Å². The quantitative estimate of drug-likeness (QED) is 0.790. The van der Waals surface area contributed by atoms with Gasteiger partial charge < -0.3 is 5.32 Å². The molecule has 0 aliphatic rings. The predicted octanol–water partition coefficient (Wildman–Crippen LogP) is 3.03. The van der Waals surface area contributed by atoms with Crippen molar-refractivity contribution in [1.82, 2.24) is 15.1 Å². The standard InChI is InChI=1S/C14H27N3/c1-6-12(4)17-8-7-13(16-17)10-14(15-5)9-11(2)3/h7-8,11-12,14-15H,6,9-10H2,1-5H3. The number of hydrogen-bond donors (Lipinski definition) is 1. The van der Waals surface area contributed by atoms with Crippen LogP contribution in [-0.4, -0.2) is 22.9 Å². The van der Waals surface area contributed by atoms with E-state index in [1.165, 1.54) is 12.1 Å². The largest absolute Gasteiger partial charge is 0.317 e. The molecule has 98 valence electrons. The van der Waals surface area contributed by atoms with Gasteiger partial charge in [-0.05, 0) is 38.8 Å². The van der Waals surface area contributed by atoms with Crippen LogP contribution >= 0.6 is 0 Å². The Morgan fingerprint density at radius 2 is 2.06 bits per heavy atom. The van der Waals surface area contributed by atoms with Gasteiger partial charge >= 0.3 is 0 Å². The Bertz CT molecular complexity index is 317. The lowest BCUT2D eigenvalue weighted by molar-refractivity contribution is 0.429. The van der Waals surface area contributed by atoms with Crippen molar-refractivity contribution in [2.24, 2.45) is 5.92 Å². The van der Waals surface area contributed by atoms with E-state index >= 15 is 0 Å². The van der Waals surface area contributed by atoms with Crippen molar-refractivity contribution < 1.29 is 0 Å². The molecule has 1 N–H and O–H groups in total. The molecule has 0 radical (unpaired) electrons. The van der Waals surface area contributed by atoms with Gasteiger partial charge in [0.2, 0.25) is 0 Å². The van der Waals surface area contributed by atoms with Crippen LogP contribution < -0.4 is 5.32 Å². The first-order valence-corrected chi connectivity index (χ1v) is 6.78. The van der Waals surface area contributed by atoms with Crippen molar-refractivity contribution in [2.75, 3.05) is 7.05 Å². The molecule has 0 saturated heterocycles. The molecule has 0 aliphatic carbocycles. The molecule has 2 unspecified atom stereocenters. The summed E-state index contributed by atoms with van der Waals surface area (Å²) in [7, 11) is 2.04. The number of hydrogen-bond acceptors (Lipinski definition) is 2. The van der Waals surface area contributed by atoms with Gasteiger partial charge in [-0.25, -0.2) is 0 Å². The highest BCUT2D eigenvalue weighted by molar-refractivity contribution is 5.02. The van der Waals surface area contributed by atoms with Crippen LogP contribution in [0.4, 0.5) is 0 Å². The number of rotatable bonds is 7. The lowest BCUT2D eigenvalue weighted by atomic mass is 10.0. The van der Waals surface area contributed by atoms with Crippen LogP contribution in [0.3, 0.4) is 0 Å². The monoisotopic (exact) mass is 237 g/mol. The van der Waals surface area contributed by atoms with Gasteiger partial charge in [-0.3, -0.25) is 4.68 Å². The van der Waals surface area contributed by atoms with Crippen molar-refractivity contribution in [1.29, 1.82) is 0 Å². The fourth-order valence-corrected chi connectivity index (χ4v) is 2.04. The summed E-state index contributed by atoms with van der Waals surface area (Å²) >= 11 is 0. The van der Waals surface area contributed by atoms with Crippen LogP contribution in [0, 0.1) is 5.92 Å². The van der Waals surface area contributed by atoms with Gasteiger partial charge in [0.15, 0.2) is 0 Å². The molecule has 2 atom stereocenters. The maximum atomic E-state index is 4.65. The predicted molar refractivity (Wildman–Crippen MR) is 73.2 cm³/mol. The van der Waals surface area contributed by atoms with Crippen LogP contribution in [-0.2, 0) is 6.42 Å². The van der Waals surface area contributed by atoms with E-state index in [0.29, 0.717) is 12.1 Å². The molecule has 1 aromatic heterocycles. The van der Waals surface area contributed by atoms with E-state index in [1.54, 1.807) is 0 Å². The van der Waals surface area contributed by atoms with Gasteiger partial charge in [-0.1, -0.05) is 20.8 Å². The SMILES string of the molecule is CCC(C)n1ccc(CC(CC(C)C)NC)n1. The number of aromatic nitrogens is 2. The zero-order valence-corrected chi connectivity index (χ0v) is 11.9. The summed E-state index contributed by atoms with van der Waals surface area (Å²) in [5.41, 5.74) is 1.20. The van der Waals surface area contributed by atoms with Crippen LogP contribution in [0.15, 0.2) is 12.3 Å². The van der Waals surface area contributed by atoms with Crippen LogP contribution in [0.1, 0.15) is 52.3 Å². The average molecular weight is 237 g/mol. The highest BCUT2D eigenvalue weighted by atomic mass is 15.3. The zero-order valence-electron chi connectivity index (χ0n) is 11.9. The zero-order chi connectivity index (χ0) is 12.8. The average Bonchev–Trinajstić information content (AvgIpc) is 2.75. The van der Waals surface area contributed by atoms with E-state index in [9.17, 15) is 0 Å². The van der Waals surface area contributed by atoms with Crippen LogP contribution in [0.5, 0.6) is 0 Å². The Hall–Kier alpha value is -0.830. The van der Waals surface area contributed by atoms with Gasteiger partial charge in [0.05, 0.1) is 5.69 Å². The Kier molecular flexibility index (Phi) is 5.69. The molecule has 17 heavy (non-hydrogen) atoms. The van der Waals surface area contributed by atoms with E-state index in [2.05, 4.69) is 55.1 Å². The topological polar surface area (TPSA) is 29.9 Å². The molecule has 0 amide bonds. The molecular formula is C14H27N3. The Balaban J connectivity index is 2.58. The van der Waals surface area contributed by atoms with E-state index in [-0.39, 0.29) is 0 Å². The van der Waals surface area contributed by atoms with Gasteiger partial charge in [0, 0.05) is 24.7 Å². The summed E-state index contributed by atoms with van der Waals surface area (Å²) < 4.78 is 2.08. The minimum atomic E-state index is 0.502. The molecule has 0 aliphatic heterocycles. The second-order valence-electron chi connectivity index (χ2n) is 5.36.